The van der Waals surface area contributed by atoms with E-state index in [1.165, 1.54) is 44.9 Å². The van der Waals surface area contributed by atoms with E-state index >= 15 is 0 Å². The molecule has 0 saturated carbocycles. The third-order valence-electron chi connectivity index (χ3n) is 6.85. The molecule has 0 bridgehead atoms. The van der Waals surface area contributed by atoms with E-state index < -0.39 is 5.97 Å². The van der Waals surface area contributed by atoms with Crippen LogP contribution < -0.4 is 14.2 Å². The van der Waals surface area contributed by atoms with Gasteiger partial charge in [0.2, 0.25) is 0 Å². The molecule has 0 saturated heterocycles. The molecule has 0 aliphatic heterocycles. The van der Waals surface area contributed by atoms with Crippen molar-refractivity contribution in [3.8, 4) is 28.4 Å². The zero-order chi connectivity index (χ0) is 27.7. The Morgan fingerprint density at radius 1 is 0.718 bits per heavy atom. The van der Waals surface area contributed by atoms with E-state index in [1.54, 1.807) is 42.7 Å². The average Bonchev–Trinajstić information content (AvgIpc) is 2.98. The van der Waals surface area contributed by atoms with E-state index in [0.29, 0.717) is 23.0 Å². The van der Waals surface area contributed by atoms with Gasteiger partial charge in [-0.05, 0) is 84.5 Å². The summed E-state index contributed by atoms with van der Waals surface area (Å²) >= 11 is 0. The van der Waals surface area contributed by atoms with E-state index in [4.69, 9.17) is 14.2 Å². The zero-order valence-electron chi connectivity index (χ0n) is 23.9. The van der Waals surface area contributed by atoms with Gasteiger partial charge in [0.05, 0.1) is 18.4 Å². The van der Waals surface area contributed by atoms with Crippen molar-refractivity contribution >= 4 is 5.97 Å². The minimum absolute atomic E-state index is 0.390. The molecule has 0 N–H and O–H groups in total. The molecule has 0 heterocycles. The van der Waals surface area contributed by atoms with Gasteiger partial charge < -0.3 is 14.2 Å². The lowest BCUT2D eigenvalue weighted by molar-refractivity contribution is 0.0734. The van der Waals surface area contributed by atoms with Gasteiger partial charge in [-0.25, -0.2) is 4.79 Å². The van der Waals surface area contributed by atoms with Gasteiger partial charge in [-0.15, -0.1) is 0 Å². The Bertz CT molecular complexity index is 1110. The molecule has 3 aromatic carbocycles. The Balaban J connectivity index is 1.41. The van der Waals surface area contributed by atoms with E-state index in [-0.39, 0.29) is 0 Å². The number of unbranched alkanes of at least 4 members (excludes halogenated alkanes) is 7. The first kappa shape index (κ1) is 30.0. The van der Waals surface area contributed by atoms with E-state index in [2.05, 4.69) is 26.8 Å². The van der Waals surface area contributed by atoms with Crippen LogP contribution in [-0.4, -0.2) is 12.6 Å². The summed E-state index contributed by atoms with van der Waals surface area (Å²) in [6.45, 7) is 7.32. The fraction of sp³-hybridized carbons (Fsp3) is 0.400. The monoisotopic (exact) mass is 528 g/mol. The molecule has 4 heteroatoms. The fourth-order valence-corrected chi connectivity index (χ4v) is 4.06. The van der Waals surface area contributed by atoms with Crippen molar-refractivity contribution in [3.63, 3.8) is 0 Å². The van der Waals surface area contributed by atoms with Gasteiger partial charge in [-0.1, -0.05) is 90.0 Å². The van der Waals surface area contributed by atoms with Crippen molar-refractivity contribution in [2.45, 2.75) is 78.6 Å². The molecule has 0 aliphatic carbocycles. The maximum atomic E-state index is 12.6. The third-order valence-corrected chi connectivity index (χ3v) is 6.85. The lowest BCUT2D eigenvalue weighted by Crippen LogP contribution is -2.08. The Labute approximate surface area is 235 Å². The minimum Gasteiger partial charge on any atom is -0.493 e. The molecule has 1 unspecified atom stereocenters. The van der Waals surface area contributed by atoms with E-state index in [1.807, 2.05) is 36.4 Å². The summed E-state index contributed by atoms with van der Waals surface area (Å²) in [5.74, 6) is 2.21. The number of carbonyl (C=O) groups is 1. The smallest absolute Gasteiger partial charge is 0.343 e. The first-order valence-corrected chi connectivity index (χ1v) is 14.6. The van der Waals surface area contributed by atoms with Crippen LogP contribution in [0.2, 0.25) is 0 Å². The van der Waals surface area contributed by atoms with Gasteiger partial charge in [-0.2, -0.15) is 0 Å². The van der Waals surface area contributed by atoms with Crippen molar-refractivity contribution in [2.75, 3.05) is 6.61 Å². The van der Waals surface area contributed by atoms with Crippen LogP contribution >= 0.6 is 0 Å². The SMILES string of the molecule is CCCCCCCCCC=COc1ccc(OC(=O)c2ccc(-c3ccc(OCC(C)CC)cc3)cc2)cc1. The van der Waals surface area contributed by atoms with Crippen LogP contribution in [0.25, 0.3) is 11.1 Å². The molecule has 3 rings (SSSR count). The zero-order valence-corrected chi connectivity index (χ0v) is 23.9. The molecular formula is C35H44O4. The predicted octanol–water partition coefficient (Wildman–Crippen LogP) is 10.0. The summed E-state index contributed by atoms with van der Waals surface area (Å²) < 4.78 is 17.1. The van der Waals surface area contributed by atoms with Gasteiger partial charge >= 0.3 is 5.97 Å². The Morgan fingerprint density at radius 2 is 1.28 bits per heavy atom. The van der Waals surface area contributed by atoms with Gasteiger partial charge in [0.1, 0.15) is 17.2 Å². The lowest BCUT2D eigenvalue weighted by atomic mass is 10.0. The van der Waals surface area contributed by atoms with Crippen LogP contribution in [0, 0.1) is 5.92 Å². The van der Waals surface area contributed by atoms with Gasteiger partial charge in [0.15, 0.2) is 0 Å². The second-order valence-corrected chi connectivity index (χ2v) is 10.2. The summed E-state index contributed by atoms with van der Waals surface area (Å²) in [6.07, 6.45) is 15.1. The molecule has 1 atom stereocenters. The second kappa shape index (κ2) is 17.1. The van der Waals surface area contributed by atoms with Crippen LogP contribution in [0.3, 0.4) is 0 Å². The number of hydrogen-bond acceptors (Lipinski definition) is 4. The maximum Gasteiger partial charge on any atom is 0.343 e. The molecule has 0 radical (unpaired) electrons. The van der Waals surface area contributed by atoms with Crippen molar-refractivity contribution in [1.29, 1.82) is 0 Å². The van der Waals surface area contributed by atoms with Crippen LogP contribution in [0.4, 0.5) is 0 Å². The van der Waals surface area contributed by atoms with Crippen molar-refractivity contribution in [3.05, 3.63) is 90.7 Å². The van der Waals surface area contributed by atoms with Crippen LogP contribution in [0.1, 0.15) is 88.9 Å². The van der Waals surface area contributed by atoms with Crippen molar-refractivity contribution < 1.29 is 19.0 Å². The quantitative estimate of drug-likeness (QED) is 0.0757. The number of allylic oxidation sites excluding steroid dienone is 1. The topological polar surface area (TPSA) is 44.8 Å². The highest BCUT2D eigenvalue weighted by molar-refractivity contribution is 5.91. The summed E-state index contributed by atoms with van der Waals surface area (Å²) in [7, 11) is 0. The molecule has 0 fully saturated rings. The van der Waals surface area contributed by atoms with Gasteiger partial charge in [0, 0.05) is 0 Å². The molecule has 3 aromatic rings. The molecule has 0 aliphatic rings. The predicted molar refractivity (Wildman–Crippen MR) is 161 cm³/mol. The molecule has 208 valence electrons. The maximum absolute atomic E-state index is 12.6. The van der Waals surface area contributed by atoms with Crippen LogP contribution in [0.5, 0.6) is 17.2 Å². The summed E-state index contributed by atoms with van der Waals surface area (Å²) in [4.78, 5) is 12.6. The summed E-state index contributed by atoms with van der Waals surface area (Å²) in [5.41, 5.74) is 2.60. The minimum atomic E-state index is -0.390. The first-order valence-electron chi connectivity index (χ1n) is 14.6. The van der Waals surface area contributed by atoms with Gasteiger partial charge in [-0.3, -0.25) is 0 Å². The van der Waals surface area contributed by atoms with Crippen molar-refractivity contribution in [1.82, 2.24) is 0 Å². The molecule has 0 spiro atoms. The van der Waals surface area contributed by atoms with Crippen LogP contribution in [0.15, 0.2) is 85.1 Å². The molecule has 0 amide bonds. The highest BCUT2D eigenvalue weighted by Crippen LogP contribution is 2.24. The van der Waals surface area contributed by atoms with E-state index in [9.17, 15) is 4.79 Å². The number of rotatable bonds is 17. The van der Waals surface area contributed by atoms with Crippen LogP contribution in [-0.2, 0) is 0 Å². The standard InChI is InChI=1S/C35H44O4/c1-4-6-7-8-9-10-11-12-13-26-37-32-22-24-34(25-23-32)39-35(36)31-16-14-29(15-17-31)30-18-20-33(21-19-30)38-27-28(3)5-2/h13-26,28H,4-12,27H2,1-3H3. The largest absolute Gasteiger partial charge is 0.493 e. The number of carbonyl (C=O) groups excluding carboxylic acids is 1. The highest BCUT2D eigenvalue weighted by atomic mass is 16.5. The summed E-state index contributed by atoms with van der Waals surface area (Å²) in [6, 6.07) is 22.6. The lowest BCUT2D eigenvalue weighted by Gasteiger charge is -2.11. The number of esters is 1. The van der Waals surface area contributed by atoms with Gasteiger partial charge in [0.25, 0.3) is 0 Å². The average molecular weight is 529 g/mol. The molecule has 39 heavy (non-hydrogen) atoms. The number of benzene rings is 3. The molecule has 0 aromatic heterocycles. The van der Waals surface area contributed by atoms with Crippen molar-refractivity contribution in [2.24, 2.45) is 5.92 Å². The third kappa shape index (κ3) is 11.0. The Hall–Kier alpha value is -3.53. The second-order valence-electron chi connectivity index (χ2n) is 10.2. The highest BCUT2D eigenvalue weighted by Gasteiger charge is 2.10. The molecular weight excluding hydrogens is 484 g/mol. The summed E-state index contributed by atoms with van der Waals surface area (Å²) in [5, 5.41) is 0. The van der Waals surface area contributed by atoms with E-state index in [0.717, 1.165) is 36.3 Å². The first-order chi connectivity index (χ1) is 19.1. The fourth-order valence-electron chi connectivity index (χ4n) is 4.06. The Morgan fingerprint density at radius 3 is 1.92 bits per heavy atom. The Kier molecular flexibility index (Phi) is 13.2. The number of hydrogen-bond donors (Lipinski definition) is 0. The normalized spacial score (nSPS) is 11.9. The molecule has 4 nitrogen and oxygen atoms in total. The number of ether oxygens (including phenoxy) is 3.